The van der Waals surface area contributed by atoms with E-state index in [0.717, 1.165) is 24.9 Å². The van der Waals surface area contributed by atoms with Gasteiger partial charge in [0.15, 0.2) is 0 Å². The number of piperazine rings is 1. The van der Waals surface area contributed by atoms with E-state index >= 15 is 0 Å². The third-order valence-corrected chi connectivity index (χ3v) is 6.80. The minimum Gasteiger partial charge on any atom is -0.347 e. The molecule has 172 valence electrons. The van der Waals surface area contributed by atoms with E-state index in [1.54, 1.807) is 23.2 Å². The van der Waals surface area contributed by atoms with E-state index in [1.165, 1.54) is 24.3 Å². The lowest BCUT2D eigenvalue weighted by Crippen LogP contribution is -2.52. The number of anilines is 1. The van der Waals surface area contributed by atoms with Crippen molar-refractivity contribution in [2.24, 2.45) is 10.9 Å². The number of carbonyl (C=O) groups is 2. The van der Waals surface area contributed by atoms with Crippen LogP contribution in [0.2, 0.25) is 0 Å². The highest BCUT2D eigenvalue weighted by atomic mass is 19.1. The Bertz CT molecular complexity index is 1110. The molecule has 2 amide bonds. The fourth-order valence-electron chi connectivity index (χ4n) is 4.63. The van der Waals surface area contributed by atoms with Crippen molar-refractivity contribution >= 4 is 23.7 Å². The van der Waals surface area contributed by atoms with Crippen LogP contribution in [-0.4, -0.2) is 60.7 Å². The van der Waals surface area contributed by atoms with Gasteiger partial charge in [-0.05, 0) is 49.2 Å². The van der Waals surface area contributed by atoms with Crippen LogP contribution in [0, 0.1) is 17.6 Å². The van der Waals surface area contributed by atoms with Gasteiger partial charge in [0, 0.05) is 67.2 Å². The van der Waals surface area contributed by atoms with Crippen molar-refractivity contribution in [2.45, 2.75) is 25.8 Å². The zero-order chi connectivity index (χ0) is 22.9. The molecule has 0 N–H and O–H groups in total. The van der Waals surface area contributed by atoms with Crippen LogP contribution >= 0.6 is 0 Å². The van der Waals surface area contributed by atoms with E-state index in [9.17, 15) is 18.4 Å². The van der Waals surface area contributed by atoms with Crippen molar-refractivity contribution in [3.63, 3.8) is 0 Å². The number of benzene rings is 2. The van der Waals surface area contributed by atoms with Crippen molar-refractivity contribution in [2.75, 3.05) is 37.7 Å². The largest absolute Gasteiger partial charge is 0.347 e. The van der Waals surface area contributed by atoms with E-state index in [2.05, 4.69) is 4.99 Å². The molecule has 2 aromatic rings. The molecule has 0 atom stereocenters. The normalized spacial score (nSPS) is 18.2. The smallest absolute Gasteiger partial charge is 0.253 e. The second-order valence-electron chi connectivity index (χ2n) is 8.91. The van der Waals surface area contributed by atoms with Crippen LogP contribution in [-0.2, 0) is 11.3 Å². The predicted molar refractivity (Wildman–Crippen MR) is 121 cm³/mol. The lowest BCUT2D eigenvalue weighted by molar-refractivity contribution is -0.139. The van der Waals surface area contributed by atoms with Crippen molar-refractivity contribution in [1.82, 2.24) is 9.80 Å². The Hall–Kier alpha value is -3.29. The monoisotopic (exact) mass is 452 g/mol. The van der Waals surface area contributed by atoms with Gasteiger partial charge in [0.2, 0.25) is 5.91 Å². The number of hydrogen-bond donors (Lipinski definition) is 0. The molecule has 0 unspecified atom stereocenters. The van der Waals surface area contributed by atoms with E-state index < -0.39 is 5.82 Å². The van der Waals surface area contributed by atoms with Gasteiger partial charge in [-0.25, -0.2) is 8.78 Å². The summed E-state index contributed by atoms with van der Waals surface area (Å²) in [5.74, 6) is -0.545. The average molecular weight is 453 g/mol. The molecule has 1 aliphatic carbocycles. The van der Waals surface area contributed by atoms with E-state index in [1.807, 2.05) is 9.80 Å². The minimum absolute atomic E-state index is 0.160. The summed E-state index contributed by atoms with van der Waals surface area (Å²) in [6.45, 7) is 2.57. The Morgan fingerprint density at radius 2 is 1.73 bits per heavy atom. The zero-order valence-electron chi connectivity index (χ0n) is 18.3. The van der Waals surface area contributed by atoms with Crippen LogP contribution in [0.5, 0.6) is 0 Å². The van der Waals surface area contributed by atoms with E-state index in [0.29, 0.717) is 49.5 Å². The highest BCUT2D eigenvalue weighted by Gasteiger charge is 2.32. The molecule has 1 saturated heterocycles. The number of carbonyl (C=O) groups excluding carboxylic acids is 2. The fraction of sp³-hybridized carbons (Fsp3) is 0.400. The van der Waals surface area contributed by atoms with Gasteiger partial charge in [0.05, 0.1) is 0 Å². The van der Waals surface area contributed by atoms with Crippen LogP contribution in [0.4, 0.5) is 14.5 Å². The number of halogens is 2. The minimum atomic E-state index is -0.402. The molecule has 3 aliphatic rings. The number of fused-ring (bicyclic) bond motifs is 1. The lowest BCUT2D eigenvalue weighted by Gasteiger charge is -2.38. The zero-order valence-corrected chi connectivity index (χ0v) is 18.3. The molecule has 33 heavy (non-hydrogen) atoms. The third-order valence-electron chi connectivity index (χ3n) is 6.80. The first-order chi connectivity index (χ1) is 16.0. The molecule has 5 rings (SSSR count). The highest BCUT2D eigenvalue weighted by molar-refractivity contribution is 5.95. The number of aliphatic imine (C=N–C) groups is 1. The molecule has 2 fully saturated rings. The molecule has 2 aliphatic heterocycles. The van der Waals surface area contributed by atoms with Gasteiger partial charge in [-0.15, -0.1) is 0 Å². The summed E-state index contributed by atoms with van der Waals surface area (Å²) < 4.78 is 28.2. The summed E-state index contributed by atoms with van der Waals surface area (Å²) in [7, 11) is 0. The van der Waals surface area contributed by atoms with Gasteiger partial charge >= 0.3 is 0 Å². The molecule has 0 radical (unpaired) electrons. The van der Waals surface area contributed by atoms with Gasteiger partial charge in [-0.1, -0.05) is 6.42 Å². The Morgan fingerprint density at radius 3 is 2.45 bits per heavy atom. The lowest BCUT2D eigenvalue weighted by atomic mass is 9.84. The summed E-state index contributed by atoms with van der Waals surface area (Å²) >= 11 is 0. The van der Waals surface area contributed by atoms with Crippen LogP contribution in [0.25, 0.3) is 0 Å². The predicted octanol–water partition coefficient (Wildman–Crippen LogP) is 3.45. The maximum absolute atomic E-state index is 14.6. The average Bonchev–Trinajstić information content (AvgIpc) is 2.79. The summed E-state index contributed by atoms with van der Waals surface area (Å²) in [4.78, 5) is 35.2. The maximum Gasteiger partial charge on any atom is 0.253 e. The SMILES string of the molecule is O=C(c1ccc(F)c(CN2CN=Cc3cc(F)ccc32)c1)N1CCN(C(=O)C2CCC2)CC1. The van der Waals surface area contributed by atoms with Crippen molar-refractivity contribution < 1.29 is 18.4 Å². The van der Waals surface area contributed by atoms with Gasteiger partial charge < -0.3 is 14.7 Å². The molecule has 8 heteroatoms. The highest BCUT2D eigenvalue weighted by Crippen LogP contribution is 2.29. The van der Waals surface area contributed by atoms with Gasteiger partial charge in [-0.3, -0.25) is 14.6 Å². The molecular formula is C25H26F2N4O2. The molecule has 0 bridgehead atoms. The number of amides is 2. The molecule has 6 nitrogen and oxygen atoms in total. The maximum atomic E-state index is 14.6. The Balaban J connectivity index is 1.27. The second-order valence-corrected chi connectivity index (χ2v) is 8.91. The molecule has 1 saturated carbocycles. The first-order valence-corrected chi connectivity index (χ1v) is 11.4. The van der Waals surface area contributed by atoms with Gasteiger partial charge in [-0.2, -0.15) is 0 Å². The molecule has 0 spiro atoms. The summed E-state index contributed by atoms with van der Waals surface area (Å²) in [6.07, 6.45) is 4.67. The van der Waals surface area contributed by atoms with E-state index in [-0.39, 0.29) is 30.1 Å². The molecule has 2 heterocycles. The van der Waals surface area contributed by atoms with Crippen LogP contribution in [0.15, 0.2) is 41.4 Å². The summed E-state index contributed by atoms with van der Waals surface area (Å²) in [5, 5.41) is 0. The Kier molecular flexibility index (Phi) is 5.83. The summed E-state index contributed by atoms with van der Waals surface area (Å²) in [6, 6.07) is 8.84. The quantitative estimate of drug-likeness (QED) is 0.714. The van der Waals surface area contributed by atoms with Crippen molar-refractivity contribution in [1.29, 1.82) is 0 Å². The standard InChI is InChI=1S/C25H26F2N4O2/c26-21-5-7-23-19(13-21)14-28-16-31(23)15-20-12-18(4-6-22(20)27)25(33)30-10-8-29(9-11-30)24(32)17-2-1-3-17/h4-7,12-14,17H,1-3,8-11,15-16H2. The van der Waals surface area contributed by atoms with Gasteiger partial charge in [0.25, 0.3) is 5.91 Å². The van der Waals surface area contributed by atoms with Crippen LogP contribution in [0.1, 0.15) is 40.7 Å². The van der Waals surface area contributed by atoms with Crippen molar-refractivity contribution in [3.8, 4) is 0 Å². The van der Waals surface area contributed by atoms with Gasteiger partial charge in [0.1, 0.15) is 18.3 Å². The number of nitrogens with zero attached hydrogens (tertiary/aromatic N) is 4. The molecule has 0 aromatic heterocycles. The summed E-state index contributed by atoms with van der Waals surface area (Å²) in [5.41, 5.74) is 2.22. The molecular weight excluding hydrogens is 426 g/mol. The Labute approximate surface area is 191 Å². The first kappa shape index (κ1) is 21.6. The fourth-order valence-corrected chi connectivity index (χ4v) is 4.63. The van der Waals surface area contributed by atoms with Crippen molar-refractivity contribution in [3.05, 3.63) is 64.7 Å². The second kappa shape index (κ2) is 8.92. The first-order valence-electron chi connectivity index (χ1n) is 11.4. The topological polar surface area (TPSA) is 56.2 Å². The van der Waals surface area contributed by atoms with E-state index in [4.69, 9.17) is 0 Å². The molecule has 2 aromatic carbocycles. The van der Waals surface area contributed by atoms with Crippen LogP contribution < -0.4 is 4.90 Å². The number of rotatable bonds is 4. The number of hydrogen-bond acceptors (Lipinski definition) is 4. The van der Waals surface area contributed by atoms with Crippen LogP contribution in [0.3, 0.4) is 0 Å². The Morgan fingerprint density at radius 1 is 0.970 bits per heavy atom. The third kappa shape index (κ3) is 4.34.